The fourth-order valence-corrected chi connectivity index (χ4v) is 1.83. The van der Waals surface area contributed by atoms with Crippen LogP contribution in [-0.2, 0) is 0 Å². The van der Waals surface area contributed by atoms with E-state index in [0.29, 0.717) is 4.47 Å². The predicted octanol–water partition coefficient (Wildman–Crippen LogP) is 4.53. The molecule has 1 aromatic heterocycles. The van der Waals surface area contributed by atoms with Crippen LogP contribution in [0.3, 0.4) is 0 Å². The van der Waals surface area contributed by atoms with Gasteiger partial charge in [-0.2, -0.15) is 0 Å². The number of benzene rings is 1. The molecule has 0 atom stereocenters. The first-order valence-corrected chi connectivity index (χ1v) is 6.31. The molecule has 0 saturated heterocycles. The second kappa shape index (κ2) is 5.84. The number of nitrogens with one attached hydrogen (secondary N) is 1. The van der Waals surface area contributed by atoms with E-state index >= 15 is 0 Å². The van der Waals surface area contributed by atoms with Crippen molar-refractivity contribution in [2.24, 2.45) is 0 Å². The van der Waals surface area contributed by atoms with Gasteiger partial charge in [-0.25, -0.2) is 9.97 Å². The smallest absolute Gasteiger partial charge is 0.404 e. The zero-order valence-corrected chi connectivity index (χ0v) is 11.9. The van der Waals surface area contributed by atoms with E-state index in [0.717, 1.165) is 0 Å². The summed E-state index contributed by atoms with van der Waals surface area (Å²) in [5, 5.41) is 2.67. The highest BCUT2D eigenvalue weighted by atomic mass is 79.9. The fourth-order valence-electron chi connectivity index (χ4n) is 1.34. The Morgan fingerprint density at radius 3 is 2.55 bits per heavy atom. The van der Waals surface area contributed by atoms with Gasteiger partial charge in [-0.05, 0) is 18.2 Å². The van der Waals surface area contributed by atoms with Crippen LogP contribution in [0.4, 0.5) is 24.7 Å². The molecule has 0 radical (unpaired) electrons. The van der Waals surface area contributed by atoms with E-state index in [1.807, 2.05) is 0 Å². The molecule has 0 aliphatic heterocycles. The summed E-state index contributed by atoms with van der Waals surface area (Å²) in [7, 11) is 0. The zero-order valence-electron chi connectivity index (χ0n) is 9.58. The quantitative estimate of drug-likeness (QED) is 0.864. The first-order valence-electron chi connectivity index (χ1n) is 5.14. The van der Waals surface area contributed by atoms with Gasteiger partial charge < -0.3 is 10.1 Å². The summed E-state index contributed by atoms with van der Waals surface area (Å²) in [5.41, 5.74) is 0.0629. The van der Waals surface area contributed by atoms with Gasteiger partial charge in [0.1, 0.15) is 0 Å². The number of aromatic nitrogens is 2. The monoisotopic (exact) mass is 367 g/mol. The Labute approximate surface area is 125 Å². The van der Waals surface area contributed by atoms with Gasteiger partial charge in [0.25, 0.3) is 0 Å². The first kappa shape index (κ1) is 14.9. The maximum atomic E-state index is 12.4. The number of ether oxygens (including phenoxy) is 1. The van der Waals surface area contributed by atoms with Gasteiger partial charge in [0.15, 0.2) is 16.7 Å². The average Bonchev–Trinajstić information content (AvgIpc) is 2.33. The van der Waals surface area contributed by atoms with E-state index in [2.05, 4.69) is 36.0 Å². The number of hydrogen-bond donors (Lipinski definition) is 1. The summed E-state index contributed by atoms with van der Waals surface area (Å²) < 4.78 is 41.4. The van der Waals surface area contributed by atoms with Crippen LogP contribution in [0.15, 0.2) is 35.1 Å². The number of rotatable bonds is 3. The van der Waals surface area contributed by atoms with Gasteiger partial charge in [-0.3, -0.25) is 0 Å². The van der Waals surface area contributed by atoms with E-state index < -0.39 is 12.1 Å². The van der Waals surface area contributed by atoms with Crippen LogP contribution < -0.4 is 10.1 Å². The molecule has 9 heteroatoms. The Hall–Kier alpha value is -1.54. The number of halogens is 5. The van der Waals surface area contributed by atoms with E-state index in [1.54, 1.807) is 6.07 Å². The van der Waals surface area contributed by atoms with Gasteiger partial charge in [0, 0.05) is 16.9 Å². The van der Waals surface area contributed by atoms with Crippen LogP contribution in [0, 0.1) is 0 Å². The highest BCUT2D eigenvalue weighted by Crippen LogP contribution is 2.35. The Balaban J connectivity index is 2.34. The molecule has 20 heavy (non-hydrogen) atoms. The van der Waals surface area contributed by atoms with Gasteiger partial charge in [0.2, 0.25) is 0 Å². The lowest BCUT2D eigenvalue weighted by Gasteiger charge is -2.14. The molecule has 0 amide bonds. The van der Waals surface area contributed by atoms with Crippen molar-refractivity contribution in [3.8, 4) is 5.75 Å². The number of nitrogens with zero attached hydrogens (tertiary/aromatic N) is 2. The second-order valence-electron chi connectivity index (χ2n) is 3.51. The van der Waals surface area contributed by atoms with Gasteiger partial charge in [-0.1, -0.05) is 27.5 Å². The van der Waals surface area contributed by atoms with E-state index in [-0.39, 0.29) is 16.7 Å². The summed E-state index contributed by atoms with van der Waals surface area (Å²) in [6, 6.07) is 4.13. The standard InChI is InChI=1S/C11H6BrClF3N3O/c12-6-1-2-7(8(5-6)20-11(14,15)16)19-10-9(13)17-3-4-18-10/h1-5H,(H,18,19). The van der Waals surface area contributed by atoms with Crippen molar-refractivity contribution in [3.63, 3.8) is 0 Å². The third-order valence-electron chi connectivity index (χ3n) is 2.08. The lowest BCUT2D eigenvalue weighted by molar-refractivity contribution is -0.274. The Kier molecular flexibility index (Phi) is 4.34. The van der Waals surface area contributed by atoms with Crippen LogP contribution in [0.5, 0.6) is 5.75 Å². The molecule has 0 aliphatic carbocycles. The number of hydrogen-bond acceptors (Lipinski definition) is 4. The molecule has 0 fully saturated rings. The maximum absolute atomic E-state index is 12.4. The molecular weight excluding hydrogens is 362 g/mol. The molecular formula is C11H6BrClF3N3O. The molecule has 0 aliphatic rings. The molecule has 2 rings (SSSR count). The first-order chi connectivity index (χ1) is 9.35. The van der Waals surface area contributed by atoms with Crippen molar-refractivity contribution in [2.45, 2.75) is 6.36 Å². The largest absolute Gasteiger partial charge is 0.573 e. The molecule has 1 heterocycles. The van der Waals surface area contributed by atoms with Crippen molar-refractivity contribution in [3.05, 3.63) is 40.2 Å². The maximum Gasteiger partial charge on any atom is 0.573 e. The molecule has 2 aromatic rings. The molecule has 106 valence electrons. The molecule has 1 N–H and O–H groups in total. The lowest BCUT2D eigenvalue weighted by atomic mass is 10.3. The Bertz CT molecular complexity index is 624. The summed E-state index contributed by atoms with van der Waals surface area (Å²) in [5.74, 6) is -0.280. The van der Waals surface area contributed by atoms with Crippen molar-refractivity contribution < 1.29 is 17.9 Å². The van der Waals surface area contributed by atoms with Crippen molar-refractivity contribution in [1.29, 1.82) is 0 Å². The van der Waals surface area contributed by atoms with Crippen molar-refractivity contribution in [2.75, 3.05) is 5.32 Å². The minimum absolute atomic E-state index is 0.0355. The van der Waals surface area contributed by atoms with Crippen molar-refractivity contribution >= 4 is 39.0 Å². The minimum atomic E-state index is -4.80. The summed E-state index contributed by atoms with van der Waals surface area (Å²) in [6.07, 6.45) is -2.08. The zero-order chi connectivity index (χ0) is 14.8. The van der Waals surface area contributed by atoms with Crippen LogP contribution >= 0.6 is 27.5 Å². The van der Waals surface area contributed by atoms with Gasteiger partial charge in [-0.15, -0.1) is 13.2 Å². The van der Waals surface area contributed by atoms with Crippen LogP contribution in [0.25, 0.3) is 0 Å². The topological polar surface area (TPSA) is 47.0 Å². The highest BCUT2D eigenvalue weighted by molar-refractivity contribution is 9.10. The fraction of sp³-hybridized carbons (Fsp3) is 0.0909. The molecule has 0 saturated carbocycles. The second-order valence-corrected chi connectivity index (χ2v) is 4.78. The molecule has 0 spiro atoms. The minimum Gasteiger partial charge on any atom is -0.404 e. The summed E-state index contributed by atoms with van der Waals surface area (Å²) >= 11 is 8.86. The lowest BCUT2D eigenvalue weighted by Crippen LogP contribution is -2.18. The van der Waals surface area contributed by atoms with E-state index in [4.69, 9.17) is 11.6 Å². The third-order valence-corrected chi connectivity index (χ3v) is 2.85. The van der Waals surface area contributed by atoms with Gasteiger partial charge in [0.05, 0.1) is 5.69 Å². The van der Waals surface area contributed by atoms with E-state index in [9.17, 15) is 13.2 Å². The highest BCUT2D eigenvalue weighted by Gasteiger charge is 2.32. The van der Waals surface area contributed by atoms with Crippen molar-refractivity contribution in [1.82, 2.24) is 9.97 Å². The predicted molar refractivity (Wildman–Crippen MR) is 71.1 cm³/mol. The summed E-state index contributed by atoms with van der Waals surface area (Å²) in [4.78, 5) is 7.64. The van der Waals surface area contributed by atoms with Crippen LogP contribution in [0.2, 0.25) is 5.15 Å². The SMILES string of the molecule is FC(F)(F)Oc1cc(Br)ccc1Nc1nccnc1Cl. The van der Waals surface area contributed by atoms with E-state index in [1.165, 1.54) is 24.5 Å². The van der Waals surface area contributed by atoms with Crippen LogP contribution in [-0.4, -0.2) is 16.3 Å². The molecule has 0 unspecified atom stereocenters. The average molecular weight is 369 g/mol. The third kappa shape index (κ3) is 3.97. The number of anilines is 2. The Morgan fingerprint density at radius 1 is 1.20 bits per heavy atom. The van der Waals surface area contributed by atoms with Gasteiger partial charge >= 0.3 is 6.36 Å². The molecule has 4 nitrogen and oxygen atoms in total. The summed E-state index contributed by atoms with van der Waals surface area (Å²) in [6.45, 7) is 0. The number of alkyl halides is 3. The van der Waals surface area contributed by atoms with Crippen LogP contribution in [0.1, 0.15) is 0 Å². The molecule has 1 aromatic carbocycles. The normalized spacial score (nSPS) is 11.2. The Morgan fingerprint density at radius 2 is 1.90 bits per heavy atom. The molecule has 0 bridgehead atoms.